The van der Waals surface area contributed by atoms with Crippen LogP contribution in [0.3, 0.4) is 0 Å². The molecule has 2 heterocycles. The van der Waals surface area contributed by atoms with Gasteiger partial charge in [-0.1, -0.05) is 26.0 Å². The van der Waals surface area contributed by atoms with E-state index in [-0.39, 0.29) is 25.1 Å². The minimum atomic E-state index is 0. The highest BCUT2D eigenvalue weighted by Crippen LogP contribution is 2.38. The van der Waals surface area contributed by atoms with Gasteiger partial charge < -0.3 is 32.2 Å². The van der Waals surface area contributed by atoms with Gasteiger partial charge in [-0.2, -0.15) is 0 Å². The predicted molar refractivity (Wildman–Crippen MR) is 144 cm³/mol. The molecule has 194 valence electrons. The van der Waals surface area contributed by atoms with Crippen LogP contribution in [0.4, 0.5) is 5.69 Å². The lowest BCUT2D eigenvalue weighted by molar-refractivity contribution is -0.117. The molecule has 1 amide bonds. The molecule has 2 aliphatic heterocycles. The molecule has 2 saturated carbocycles. The number of amides is 1. The number of ether oxygens (including phenoxy) is 1. The maximum Gasteiger partial charge on any atom is 0.227 e. The van der Waals surface area contributed by atoms with Gasteiger partial charge in [-0.05, 0) is 86.1 Å². The number of nitrogens with zero attached hydrogens (tertiary/aromatic N) is 1. The third-order valence-corrected chi connectivity index (χ3v) is 7.55. The highest BCUT2D eigenvalue weighted by atomic mass is 16.5. The van der Waals surface area contributed by atoms with Crippen molar-refractivity contribution in [2.75, 3.05) is 38.2 Å². The summed E-state index contributed by atoms with van der Waals surface area (Å²) in [5.74, 6) is 3.54. The van der Waals surface area contributed by atoms with Crippen molar-refractivity contribution in [2.45, 2.75) is 52.4 Å². The number of benzene rings is 1. The van der Waals surface area contributed by atoms with Crippen molar-refractivity contribution in [1.29, 1.82) is 0 Å². The van der Waals surface area contributed by atoms with Gasteiger partial charge in [-0.3, -0.25) is 4.79 Å². The summed E-state index contributed by atoms with van der Waals surface area (Å²) in [6, 6.07) is 7.33. The van der Waals surface area contributed by atoms with Gasteiger partial charge in [0.25, 0.3) is 0 Å². The molecule has 5 rings (SSSR count). The molecule has 2 unspecified atom stereocenters. The molecule has 0 bridgehead atoms. The van der Waals surface area contributed by atoms with Crippen molar-refractivity contribution in [3.8, 4) is 0 Å². The number of hydrogen-bond acceptors (Lipinski definition) is 6. The van der Waals surface area contributed by atoms with Crippen LogP contribution < -0.4 is 22.5 Å². The van der Waals surface area contributed by atoms with Crippen molar-refractivity contribution in [1.82, 2.24) is 4.90 Å². The lowest BCUT2D eigenvalue weighted by Crippen LogP contribution is -2.31. The molecule has 35 heavy (non-hydrogen) atoms. The van der Waals surface area contributed by atoms with Gasteiger partial charge in [0.2, 0.25) is 5.91 Å². The summed E-state index contributed by atoms with van der Waals surface area (Å²) < 4.78 is 5.42. The van der Waals surface area contributed by atoms with E-state index in [0.717, 1.165) is 55.1 Å². The van der Waals surface area contributed by atoms with Crippen LogP contribution in [-0.4, -0.2) is 43.7 Å². The summed E-state index contributed by atoms with van der Waals surface area (Å²) in [6.45, 7) is 6.18. The maximum absolute atomic E-state index is 11.6. The number of fused-ring (bicyclic) bond motifs is 1. The molecule has 4 aliphatic rings. The van der Waals surface area contributed by atoms with E-state index in [4.69, 9.17) is 21.9 Å². The second-order valence-corrected chi connectivity index (χ2v) is 10.4. The van der Waals surface area contributed by atoms with Crippen molar-refractivity contribution in [3.63, 3.8) is 0 Å². The summed E-state index contributed by atoms with van der Waals surface area (Å²) in [4.78, 5) is 14.3. The first kappa shape index (κ1) is 27.1. The highest BCUT2D eigenvalue weighted by Gasteiger charge is 2.36. The third kappa shape index (κ3) is 8.29. The average Bonchev–Trinajstić information content (AvgIpc) is 3.49. The number of hydrogen-bond donors (Lipinski definition) is 4. The fourth-order valence-corrected chi connectivity index (χ4v) is 5.39. The number of anilines is 1. The van der Waals surface area contributed by atoms with Gasteiger partial charge in [0.1, 0.15) is 0 Å². The van der Waals surface area contributed by atoms with E-state index >= 15 is 0 Å². The number of carbonyl (C=O) groups excluding carboxylic acids is 1. The Morgan fingerprint density at radius 3 is 2.14 bits per heavy atom. The summed E-state index contributed by atoms with van der Waals surface area (Å²) in [5.41, 5.74) is 18.7. The van der Waals surface area contributed by atoms with Crippen LogP contribution >= 0.6 is 0 Å². The Balaban J connectivity index is 0.000000194. The molecule has 2 atom stereocenters. The Kier molecular flexibility index (Phi) is 10.0. The molecule has 2 aliphatic carbocycles. The van der Waals surface area contributed by atoms with Crippen LogP contribution in [0.2, 0.25) is 0 Å². The topological polar surface area (TPSA) is 120 Å². The first-order chi connectivity index (χ1) is 16.5. The van der Waals surface area contributed by atoms with E-state index in [1.54, 1.807) is 6.08 Å². The van der Waals surface area contributed by atoms with Gasteiger partial charge in [-0.25, -0.2) is 0 Å². The molecule has 7 nitrogen and oxygen atoms in total. The number of rotatable bonds is 6. The Bertz CT molecular complexity index is 856. The number of nitrogens with two attached hydrogens (primary N) is 3. The van der Waals surface area contributed by atoms with E-state index in [2.05, 4.69) is 10.2 Å². The Hall–Kier alpha value is -2.51. The Morgan fingerprint density at radius 1 is 0.943 bits per heavy atom. The zero-order valence-corrected chi connectivity index (χ0v) is 20.3. The molecular formula is C28H45N5O2. The van der Waals surface area contributed by atoms with Gasteiger partial charge >= 0.3 is 0 Å². The molecule has 1 aromatic rings. The highest BCUT2D eigenvalue weighted by molar-refractivity contribution is 5.94. The quantitative estimate of drug-likeness (QED) is 0.456. The fraction of sp³-hybridized carbons (Fsp3) is 0.607. The SMILES string of the molecule is C.C1CC2CN(CC3CCOCC3)CC2C1.NC(N)=C/C=C(\N)c1ccc(NC(=O)C2CC2)cc1. The Labute approximate surface area is 211 Å². The number of likely N-dealkylation sites (tertiary alicyclic amines) is 1. The molecule has 4 fully saturated rings. The summed E-state index contributed by atoms with van der Waals surface area (Å²) >= 11 is 0. The zero-order chi connectivity index (χ0) is 23.9. The zero-order valence-electron chi connectivity index (χ0n) is 20.3. The second kappa shape index (κ2) is 13.0. The first-order valence-electron chi connectivity index (χ1n) is 12.9. The van der Waals surface area contributed by atoms with Crippen molar-refractivity contribution in [2.24, 2.45) is 40.9 Å². The van der Waals surface area contributed by atoms with Gasteiger partial charge in [-0.15, -0.1) is 0 Å². The molecule has 0 radical (unpaired) electrons. The van der Waals surface area contributed by atoms with Crippen LogP contribution in [0, 0.1) is 23.7 Å². The maximum atomic E-state index is 11.6. The van der Waals surface area contributed by atoms with Crippen molar-refractivity contribution >= 4 is 17.3 Å². The summed E-state index contributed by atoms with van der Waals surface area (Å²) in [6.07, 6.45) is 12.3. The van der Waals surface area contributed by atoms with Gasteiger partial charge in [0, 0.05) is 50.2 Å². The molecule has 7 N–H and O–H groups in total. The first-order valence-corrected chi connectivity index (χ1v) is 12.9. The summed E-state index contributed by atoms with van der Waals surface area (Å²) in [5, 5.41) is 2.87. The van der Waals surface area contributed by atoms with Crippen LogP contribution in [0.15, 0.2) is 42.2 Å². The van der Waals surface area contributed by atoms with Crippen LogP contribution in [0.25, 0.3) is 5.70 Å². The fourth-order valence-electron chi connectivity index (χ4n) is 5.39. The molecular weight excluding hydrogens is 438 g/mol. The Morgan fingerprint density at radius 2 is 1.57 bits per heavy atom. The standard InChI is InChI=1S/C14H18N4O.C13H23NO.CH4/c15-12(7-8-13(16)17)9-3-5-11(6-4-9)18-14(19)10-1-2-10;1-2-12-9-14(10-13(12)3-1)8-11-4-6-15-7-5-11;/h3-8,10H,1-2,15-17H2,(H,18,19);11-13H,1-10H2;1H4/b12-7-;;. The minimum Gasteiger partial charge on any atom is -0.398 e. The van der Waals surface area contributed by atoms with Gasteiger partial charge in [0.15, 0.2) is 0 Å². The molecule has 1 aromatic carbocycles. The minimum absolute atomic E-state index is 0. The van der Waals surface area contributed by atoms with Gasteiger partial charge in [0.05, 0.1) is 5.82 Å². The van der Waals surface area contributed by atoms with Crippen LogP contribution in [0.5, 0.6) is 0 Å². The smallest absolute Gasteiger partial charge is 0.227 e. The van der Waals surface area contributed by atoms with E-state index in [9.17, 15) is 4.79 Å². The van der Waals surface area contributed by atoms with Crippen LogP contribution in [-0.2, 0) is 9.53 Å². The van der Waals surface area contributed by atoms with E-state index < -0.39 is 0 Å². The largest absolute Gasteiger partial charge is 0.398 e. The van der Waals surface area contributed by atoms with E-state index in [0.29, 0.717) is 5.70 Å². The molecule has 7 heteroatoms. The molecule has 0 spiro atoms. The number of carbonyl (C=O) groups is 1. The lowest BCUT2D eigenvalue weighted by Gasteiger charge is -2.27. The lowest BCUT2D eigenvalue weighted by atomic mass is 10.00. The molecule has 0 aromatic heterocycles. The summed E-state index contributed by atoms with van der Waals surface area (Å²) in [7, 11) is 0. The van der Waals surface area contributed by atoms with Crippen molar-refractivity contribution < 1.29 is 9.53 Å². The van der Waals surface area contributed by atoms with E-state index in [1.807, 2.05) is 24.3 Å². The normalized spacial score (nSPS) is 24.5. The number of nitrogens with one attached hydrogen (secondary N) is 1. The van der Waals surface area contributed by atoms with Crippen molar-refractivity contribution in [3.05, 3.63) is 47.8 Å². The molecule has 2 saturated heterocycles. The second-order valence-electron chi connectivity index (χ2n) is 10.4. The predicted octanol–water partition coefficient (Wildman–Crippen LogP) is 3.87. The van der Waals surface area contributed by atoms with E-state index in [1.165, 1.54) is 57.8 Å². The van der Waals surface area contributed by atoms with Crippen LogP contribution in [0.1, 0.15) is 57.9 Å². The monoisotopic (exact) mass is 483 g/mol. The third-order valence-electron chi connectivity index (χ3n) is 7.55. The number of allylic oxidation sites excluding steroid dienone is 2. The average molecular weight is 484 g/mol.